The summed E-state index contributed by atoms with van der Waals surface area (Å²) in [5, 5.41) is 7.63. The van der Waals surface area contributed by atoms with Crippen LogP contribution >= 0.6 is 15.9 Å². The van der Waals surface area contributed by atoms with Gasteiger partial charge in [0.15, 0.2) is 12.4 Å². The number of furan rings is 1. The van der Waals surface area contributed by atoms with Crippen molar-refractivity contribution in [1.29, 1.82) is 0 Å². The van der Waals surface area contributed by atoms with Crippen molar-refractivity contribution in [3.63, 3.8) is 0 Å². The summed E-state index contributed by atoms with van der Waals surface area (Å²) in [5.74, 6) is 0.865. The Kier molecular flexibility index (Phi) is 4.42. The molecule has 0 aliphatic rings. The second-order valence-electron chi connectivity index (χ2n) is 4.40. The first-order valence-electron chi connectivity index (χ1n) is 6.54. The van der Waals surface area contributed by atoms with Crippen LogP contribution in [0.2, 0.25) is 0 Å². The van der Waals surface area contributed by atoms with Crippen LogP contribution in [0.25, 0.3) is 11.7 Å². The Morgan fingerprint density at radius 2 is 2.17 bits per heavy atom. The molecule has 0 N–H and O–H groups in total. The summed E-state index contributed by atoms with van der Waals surface area (Å²) in [4.78, 5) is 12.1. The third-order valence-corrected chi connectivity index (χ3v) is 3.61. The maximum absolute atomic E-state index is 12.1. The summed E-state index contributed by atoms with van der Waals surface area (Å²) in [7, 11) is 1.52. The number of halogens is 1. The number of nitrogens with zero attached hydrogens (tertiary/aromatic N) is 2. The van der Waals surface area contributed by atoms with Crippen molar-refractivity contribution >= 4 is 21.9 Å². The quantitative estimate of drug-likeness (QED) is 0.628. The lowest BCUT2D eigenvalue weighted by Gasteiger charge is -2.06. The van der Waals surface area contributed by atoms with E-state index in [0.29, 0.717) is 21.5 Å². The van der Waals surface area contributed by atoms with Crippen molar-refractivity contribution < 1.29 is 23.1 Å². The number of hydrogen-bond donors (Lipinski definition) is 0. The molecule has 0 saturated heterocycles. The van der Waals surface area contributed by atoms with E-state index in [4.69, 9.17) is 18.3 Å². The van der Waals surface area contributed by atoms with E-state index in [1.165, 1.54) is 13.4 Å². The minimum atomic E-state index is -0.534. The van der Waals surface area contributed by atoms with Crippen LogP contribution in [-0.2, 0) is 11.3 Å². The Hall–Kier alpha value is -2.61. The van der Waals surface area contributed by atoms with Crippen molar-refractivity contribution in [3.8, 4) is 17.4 Å². The molecule has 0 aliphatic carbocycles. The highest BCUT2D eigenvalue weighted by Gasteiger charge is 2.16. The molecule has 8 heteroatoms. The van der Waals surface area contributed by atoms with Crippen LogP contribution in [0.4, 0.5) is 0 Å². The summed E-state index contributed by atoms with van der Waals surface area (Å²) in [6.07, 6.45) is 1.50. The van der Waals surface area contributed by atoms with Crippen molar-refractivity contribution in [1.82, 2.24) is 10.2 Å². The lowest BCUT2D eigenvalue weighted by Crippen LogP contribution is -2.06. The zero-order chi connectivity index (χ0) is 16.2. The molecular weight excluding hydrogens is 368 g/mol. The highest BCUT2D eigenvalue weighted by molar-refractivity contribution is 9.10. The second-order valence-corrected chi connectivity index (χ2v) is 5.25. The topological polar surface area (TPSA) is 87.6 Å². The number of esters is 1. The molecule has 0 spiro atoms. The zero-order valence-electron chi connectivity index (χ0n) is 12.0. The highest BCUT2D eigenvalue weighted by Crippen LogP contribution is 2.24. The first-order valence-corrected chi connectivity index (χ1v) is 7.33. The van der Waals surface area contributed by atoms with Gasteiger partial charge >= 0.3 is 5.97 Å². The molecule has 0 amide bonds. The van der Waals surface area contributed by atoms with E-state index in [-0.39, 0.29) is 18.4 Å². The van der Waals surface area contributed by atoms with Crippen LogP contribution in [0.15, 0.2) is 49.9 Å². The lowest BCUT2D eigenvalue weighted by molar-refractivity contribution is 0.0437. The van der Waals surface area contributed by atoms with Crippen LogP contribution in [0.1, 0.15) is 16.2 Å². The van der Waals surface area contributed by atoms with Gasteiger partial charge in [0.25, 0.3) is 11.8 Å². The molecular formula is C15H11BrN2O5. The van der Waals surface area contributed by atoms with Crippen molar-refractivity contribution in [2.24, 2.45) is 0 Å². The van der Waals surface area contributed by atoms with Crippen molar-refractivity contribution in [2.45, 2.75) is 6.61 Å². The fraction of sp³-hybridized carbons (Fsp3) is 0.133. The molecule has 0 fully saturated rings. The van der Waals surface area contributed by atoms with Gasteiger partial charge in [0.1, 0.15) is 5.75 Å². The molecule has 3 aromatic rings. The molecule has 0 aliphatic heterocycles. The Morgan fingerprint density at radius 1 is 1.30 bits per heavy atom. The first kappa shape index (κ1) is 15.3. The third kappa shape index (κ3) is 3.42. The Labute approximate surface area is 139 Å². The average molecular weight is 379 g/mol. The van der Waals surface area contributed by atoms with E-state index >= 15 is 0 Å². The fourth-order valence-electron chi connectivity index (χ4n) is 1.80. The molecule has 23 heavy (non-hydrogen) atoms. The van der Waals surface area contributed by atoms with E-state index in [2.05, 4.69) is 26.1 Å². The molecule has 0 saturated carbocycles. The Bertz CT molecular complexity index is 813. The van der Waals surface area contributed by atoms with Crippen molar-refractivity contribution in [3.05, 3.63) is 52.5 Å². The van der Waals surface area contributed by atoms with Crippen LogP contribution in [0.3, 0.4) is 0 Å². The zero-order valence-corrected chi connectivity index (χ0v) is 13.6. The molecule has 2 heterocycles. The number of hydrogen-bond acceptors (Lipinski definition) is 7. The van der Waals surface area contributed by atoms with Gasteiger partial charge in [-0.25, -0.2) is 4.79 Å². The molecule has 3 rings (SSSR count). The number of ether oxygens (including phenoxy) is 2. The molecule has 0 atom stereocenters. The minimum Gasteiger partial charge on any atom is -0.497 e. The van der Waals surface area contributed by atoms with Gasteiger partial charge in [-0.1, -0.05) is 0 Å². The van der Waals surface area contributed by atoms with Crippen LogP contribution in [0, 0.1) is 0 Å². The number of carbonyl (C=O) groups excluding carboxylic acids is 1. The fourth-order valence-corrected chi connectivity index (χ4v) is 2.21. The van der Waals surface area contributed by atoms with E-state index in [0.717, 1.165) is 0 Å². The predicted octanol–water partition coefficient (Wildman–Crippen LogP) is 3.46. The highest BCUT2D eigenvalue weighted by atomic mass is 79.9. The van der Waals surface area contributed by atoms with Gasteiger partial charge in [-0.15, -0.1) is 10.2 Å². The number of methoxy groups -OCH3 is 1. The van der Waals surface area contributed by atoms with Gasteiger partial charge < -0.3 is 18.3 Å². The SMILES string of the molecule is COc1ccc(Br)c(C(=O)OCc2nnc(-c3ccco3)o2)c1. The molecule has 118 valence electrons. The summed E-state index contributed by atoms with van der Waals surface area (Å²) in [5.41, 5.74) is 0.343. The summed E-state index contributed by atoms with van der Waals surface area (Å²) < 4.78 is 21.4. The maximum Gasteiger partial charge on any atom is 0.339 e. The van der Waals surface area contributed by atoms with Gasteiger partial charge in [-0.05, 0) is 46.3 Å². The third-order valence-electron chi connectivity index (χ3n) is 2.92. The molecule has 0 radical (unpaired) electrons. The average Bonchev–Trinajstić information content (AvgIpc) is 3.24. The van der Waals surface area contributed by atoms with Crippen LogP contribution in [-0.4, -0.2) is 23.3 Å². The number of benzene rings is 1. The lowest BCUT2D eigenvalue weighted by atomic mass is 10.2. The molecule has 0 bridgehead atoms. The van der Waals surface area contributed by atoms with Crippen molar-refractivity contribution in [2.75, 3.05) is 7.11 Å². The number of aromatic nitrogens is 2. The normalized spacial score (nSPS) is 10.5. The summed E-state index contributed by atoms with van der Waals surface area (Å²) in [6, 6.07) is 8.41. The van der Waals surface area contributed by atoms with Gasteiger partial charge in [0.05, 0.1) is 18.9 Å². The predicted molar refractivity (Wildman–Crippen MR) is 81.8 cm³/mol. The number of rotatable bonds is 5. The summed E-state index contributed by atoms with van der Waals surface area (Å²) in [6.45, 7) is -0.143. The second kappa shape index (κ2) is 6.66. The summed E-state index contributed by atoms with van der Waals surface area (Å²) >= 11 is 3.30. The van der Waals surface area contributed by atoms with Gasteiger partial charge in [-0.3, -0.25) is 0 Å². The molecule has 1 aromatic carbocycles. The number of carbonyl (C=O) groups is 1. The van der Waals surface area contributed by atoms with Crippen LogP contribution in [0.5, 0.6) is 5.75 Å². The molecule has 0 unspecified atom stereocenters. The standard InChI is InChI=1S/C15H11BrN2O5/c1-20-9-4-5-11(16)10(7-9)15(19)22-8-13-17-18-14(23-13)12-3-2-6-21-12/h2-7H,8H2,1H3. The maximum atomic E-state index is 12.1. The smallest absolute Gasteiger partial charge is 0.339 e. The van der Waals surface area contributed by atoms with E-state index in [1.807, 2.05) is 0 Å². The Balaban J connectivity index is 1.67. The first-order chi connectivity index (χ1) is 11.2. The largest absolute Gasteiger partial charge is 0.497 e. The van der Waals surface area contributed by atoms with E-state index in [1.54, 1.807) is 30.3 Å². The van der Waals surface area contributed by atoms with E-state index < -0.39 is 5.97 Å². The van der Waals surface area contributed by atoms with Gasteiger partial charge in [0, 0.05) is 4.47 Å². The minimum absolute atomic E-state index is 0.143. The monoisotopic (exact) mass is 378 g/mol. The molecule has 2 aromatic heterocycles. The molecule has 7 nitrogen and oxygen atoms in total. The van der Waals surface area contributed by atoms with E-state index in [9.17, 15) is 4.79 Å². The Morgan fingerprint density at radius 3 is 2.91 bits per heavy atom. The van der Waals surface area contributed by atoms with Gasteiger partial charge in [0.2, 0.25) is 0 Å². The van der Waals surface area contributed by atoms with Crippen LogP contribution < -0.4 is 4.74 Å². The van der Waals surface area contributed by atoms with Gasteiger partial charge in [-0.2, -0.15) is 0 Å².